The smallest absolute Gasteiger partial charge is 0.225 e. The summed E-state index contributed by atoms with van der Waals surface area (Å²) >= 11 is 0. The number of morpholine rings is 1. The zero-order valence-electron chi connectivity index (χ0n) is 11.6. The Hall–Kier alpha value is -0.610. The van der Waals surface area contributed by atoms with Gasteiger partial charge in [-0.25, -0.2) is 0 Å². The van der Waals surface area contributed by atoms with Gasteiger partial charge in [-0.3, -0.25) is 4.79 Å². The lowest BCUT2D eigenvalue weighted by Gasteiger charge is -2.39. The molecule has 104 valence electrons. The van der Waals surface area contributed by atoms with Crippen LogP contribution in [-0.2, 0) is 9.53 Å². The maximum absolute atomic E-state index is 12.5. The Balaban J connectivity index is 1.91. The van der Waals surface area contributed by atoms with Crippen LogP contribution in [0.15, 0.2) is 0 Å². The van der Waals surface area contributed by atoms with Crippen LogP contribution in [0.3, 0.4) is 0 Å². The van der Waals surface area contributed by atoms with Gasteiger partial charge in [0.25, 0.3) is 0 Å². The van der Waals surface area contributed by atoms with Crippen molar-refractivity contribution in [3.8, 4) is 0 Å². The molecule has 2 N–H and O–H groups in total. The second-order valence-corrected chi connectivity index (χ2v) is 6.00. The number of ether oxygens (including phenoxy) is 1. The second kappa shape index (κ2) is 6.02. The molecule has 2 fully saturated rings. The summed E-state index contributed by atoms with van der Waals surface area (Å²) < 4.78 is 5.70. The fraction of sp³-hybridized carbons (Fsp3) is 0.929. The maximum Gasteiger partial charge on any atom is 0.225 e. The largest absolute Gasteiger partial charge is 0.370 e. The predicted octanol–water partition coefficient (Wildman–Crippen LogP) is 1.39. The fourth-order valence-corrected chi connectivity index (χ4v) is 3.12. The van der Waals surface area contributed by atoms with Crippen LogP contribution < -0.4 is 5.73 Å². The maximum atomic E-state index is 12.5. The van der Waals surface area contributed by atoms with Crippen LogP contribution in [0.25, 0.3) is 0 Å². The van der Waals surface area contributed by atoms with Crippen molar-refractivity contribution in [3.05, 3.63) is 0 Å². The van der Waals surface area contributed by atoms with E-state index in [0.717, 1.165) is 25.3 Å². The molecular formula is C14H26N2O2. The van der Waals surface area contributed by atoms with Gasteiger partial charge in [0, 0.05) is 25.6 Å². The van der Waals surface area contributed by atoms with Gasteiger partial charge in [-0.05, 0) is 38.5 Å². The molecule has 1 saturated carbocycles. The van der Waals surface area contributed by atoms with Crippen LogP contribution in [0, 0.1) is 11.8 Å². The first-order valence-corrected chi connectivity index (χ1v) is 7.24. The quantitative estimate of drug-likeness (QED) is 0.810. The summed E-state index contributed by atoms with van der Waals surface area (Å²) in [5, 5.41) is 0. The molecule has 4 nitrogen and oxygen atoms in total. The molecule has 2 unspecified atom stereocenters. The summed E-state index contributed by atoms with van der Waals surface area (Å²) in [6, 6.07) is 0. The number of carbonyl (C=O) groups is 1. The van der Waals surface area contributed by atoms with Crippen LogP contribution in [0.4, 0.5) is 0 Å². The summed E-state index contributed by atoms with van der Waals surface area (Å²) in [5.74, 6) is 1.36. The summed E-state index contributed by atoms with van der Waals surface area (Å²) in [6.07, 6.45) is 4.62. The van der Waals surface area contributed by atoms with E-state index in [4.69, 9.17) is 10.5 Å². The minimum absolute atomic E-state index is 0.0141. The van der Waals surface area contributed by atoms with E-state index in [9.17, 15) is 4.79 Å². The van der Waals surface area contributed by atoms with Crippen molar-refractivity contribution in [1.29, 1.82) is 0 Å². The Morgan fingerprint density at radius 3 is 2.50 bits per heavy atom. The van der Waals surface area contributed by atoms with Gasteiger partial charge in [0.05, 0.1) is 12.2 Å². The number of rotatable bonds is 2. The third kappa shape index (κ3) is 3.23. The molecule has 1 saturated heterocycles. The molecule has 2 rings (SSSR count). The van der Waals surface area contributed by atoms with Gasteiger partial charge in [0.1, 0.15) is 0 Å². The molecule has 0 spiro atoms. The third-order valence-electron chi connectivity index (χ3n) is 4.27. The van der Waals surface area contributed by atoms with E-state index < -0.39 is 0 Å². The number of carbonyl (C=O) groups excluding carboxylic acids is 1. The molecular weight excluding hydrogens is 228 g/mol. The highest BCUT2D eigenvalue weighted by molar-refractivity contribution is 5.79. The van der Waals surface area contributed by atoms with Crippen molar-refractivity contribution in [3.63, 3.8) is 0 Å². The SMILES string of the molecule is CC1CCC(C(=O)N2CC(C)OC(CN)C2)CC1. The first-order valence-electron chi connectivity index (χ1n) is 7.24. The summed E-state index contributed by atoms with van der Waals surface area (Å²) in [5.41, 5.74) is 5.66. The van der Waals surface area contributed by atoms with E-state index >= 15 is 0 Å². The summed E-state index contributed by atoms with van der Waals surface area (Å²) in [4.78, 5) is 14.5. The Morgan fingerprint density at radius 1 is 1.22 bits per heavy atom. The van der Waals surface area contributed by atoms with Crippen LogP contribution in [-0.4, -0.2) is 42.6 Å². The molecule has 0 aromatic rings. The van der Waals surface area contributed by atoms with E-state index in [2.05, 4.69) is 6.92 Å². The van der Waals surface area contributed by atoms with Gasteiger partial charge < -0.3 is 15.4 Å². The Labute approximate surface area is 110 Å². The van der Waals surface area contributed by atoms with Gasteiger partial charge in [-0.15, -0.1) is 0 Å². The van der Waals surface area contributed by atoms with Crippen LogP contribution in [0.5, 0.6) is 0 Å². The molecule has 18 heavy (non-hydrogen) atoms. The minimum atomic E-state index is 0.0141. The predicted molar refractivity (Wildman–Crippen MR) is 71.1 cm³/mol. The fourth-order valence-electron chi connectivity index (χ4n) is 3.12. The lowest BCUT2D eigenvalue weighted by Crippen LogP contribution is -2.53. The van der Waals surface area contributed by atoms with Crippen molar-refractivity contribution in [1.82, 2.24) is 4.90 Å². The van der Waals surface area contributed by atoms with Crippen molar-refractivity contribution >= 4 is 5.91 Å². The van der Waals surface area contributed by atoms with Crippen LogP contribution >= 0.6 is 0 Å². The highest BCUT2D eigenvalue weighted by atomic mass is 16.5. The van der Waals surface area contributed by atoms with Gasteiger partial charge in [-0.1, -0.05) is 6.92 Å². The van der Waals surface area contributed by atoms with Gasteiger partial charge in [0.15, 0.2) is 0 Å². The normalized spacial score (nSPS) is 37.6. The Kier molecular flexibility index (Phi) is 4.62. The highest BCUT2D eigenvalue weighted by Gasteiger charge is 2.33. The molecule has 2 atom stereocenters. The topological polar surface area (TPSA) is 55.6 Å². The van der Waals surface area contributed by atoms with Crippen molar-refractivity contribution < 1.29 is 9.53 Å². The van der Waals surface area contributed by atoms with Gasteiger partial charge in [-0.2, -0.15) is 0 Å². The second-order valence-electron chi connectivity index (χ2n) is 6.00. The molecule has 2 aliphatic rings. The van der Waals surface area contributed by atoms with Gasteiger partial charge >= 0.3 is 0 Å². The zero-order valence-corrected chi connectivity index (χ0v) is 11.6. The average Bonchev–Trinajstić information content (AvgIpc) is 2.38. The van der Waals surface area contributed by atoms with E-state index in [1.165, 1.54) is 12.8 Å². The molecule has 0 aromatic heterocycles. The number of hydrogen-bond acceptors (Lipinski definition) is 3. The lowest BCUT2D eigenvalue weighted by molar-refractivity contribution is -0.149. The van der Waals surface area contributed by atoms with E-state index in [1.807, 2.05) is 11.8 Å². The Morgan fingerprint density at radius 2 is 1.89 bits per heavy atom. The molecule has 0 bridgehead atoms. The van der Waals surface area contributed by atoms with E-state index in [-0.39, 0.29) is 18.1 Å². The number of amides is 1. The first kappa shape index (κ1) is 13.8. The van der Waals surface area contributed by atoms with Crippen LogP contribution in [0.2, 0.25) is 0 Å². The molecule has 0 aromatic carbocycles. The molecule has 1 amide bonds. The first-order chi connectivity index (χ1) is 8.60. The van der Waals surface area contributed by atoms with E-state index in [0.29, 0.717) is 19.0 Å². The van der Waals surface area contributed by atoms with Crippen molar-refractivity contribution in [2.45, 2.75) is 51.7 Å². The molecule has 4 heteroatoms. The van der Waals surface area contributed by atoms with Crippen LogP contribution in [0.1, 0.15) is 39.5 Å². The zero-order chi connectivity index (χ0) is 13.1. The van der Waals surface area contributed by atoms with E-state index in [1.54, 1.807) is 0 Å². The van der Waals surface area contributed by atoms with Gasteiger partial charge in [0.2, 0.25) is 5.91 Å². The minimum Gasteiger partial charge on any atom is -0.370 e. The third-order valence-corrected chi connectivity index (χ3v) is 4.27. The molecule has 1 heterocycles. The number of nitrogens with two attached hydrogens (primary N) is 1. The highest BCUT2D eigenvalue weighted by Crippen LogP contribution is 2.30. The average molecular weight is 254 g/mol. The Bertz CT molecular complexity index is 288. The molecule has 1 aliphatic heterocycles. The molecule has 1 aliphatic carbocycles. The number of hydrogen-bond donors (Lipinski definition) is 1. The van der Waals surface area contributed by atoms with Crippen molar-refractivity contribution in [2.24, 2.45) is 17.6 Å². The standard InChI is InChI=1S/C14H26N2O2/c1-10-3-5-12(6-4-10)14(17)16-8-11(2)18-13(7-15)9-16/h10-13H,3-9,15H2,1-2H3. The monoisotopic (exact) mass is 254 g/mol. The number of nitrogens with zero attached hydrogens (tertiary/aromatic N) is 1. The summed E-state index contributed by atoms with van der Waals surface area (Å²) in [7, 11) is 0. The lowest BCUT2D eigenvalue weighted by atomic mass is 9.82. The molecule has 0 radical (unpaired) electrons. The summed E-state index contributed by atoms with van der Waals surface area (Å²) in [6.45, 7) is 6.19. The van der Waals surface area contributed by atoms with Crippen molar-refractivity contribution in [2.75, 3.05) is 19.6 Å².